The molecule has 0 fully saturated rings. The van der Waals surface area contributed by atoms with Crippen LogP contribution in [0.3, 0.4) is 0 Å². The number of nitrogens with two attached hydrogens (primary N) is 1. The van der Waals surface area contributed by atoms with Gasteiger partial charge in [-0.15, -0.1) is 0 Å². The Kier molecular flexibility index (Phi) is 4.19. The van der Waals surface area contributed by atoms with E-state index in [1.165, 1.54) is 0 Å². The highest BCUT2D eigenvalue weighted by Crippen LogP contribution is 2.11. The minimum Gasteiger partial charge on any atom is -0.368 e. The van der Waals surface area contributed by atoms with E-state index in [0.29, 0.717) is 0 Å². The van der Waals surface area contributed by atoms with Crippen molar-refractivity contribution in [2.45, 2.75) is 32.9 Å². The van der Waals surface area contributed by atoms with Crippen molar-refractivity contribution in [3.63, 3.8) is 0 Å². The molecule has 7 heteroatoms. The van der Waals surface area contributed by atoms with Gasteiger partial charge < -0.3 is 16.4 Å². The number of anilines is 2. The number of hydrogen-bond donors (Lipinski definition) is 3. The molecule has 1 unspecified atom stereocenters. The van der Waals surface area contributed by atoms with E-state index >= 15 is 0 Å². The molecule has 0 aliphatic carbocycles. The summed E-state index contributed by atoms with van der Waals surface area (Å²) in [6.07, 6.45) is 0.956. The zero-order valence-electron chi connectivity index (χ0n) is 9.99. The van der Waals surface area contributed by atoms with Crippen LogP contribution in [0.25, 0.3) is 0 Å². The number of carbonyl (C=O) groups is 1. The molecule has 0 aliphatic rings. The van der Waals surface area contributed by atoms with Crippen LogP contribution >= 0.6 is 0 Å². The first-order valence-corrected chi connectivity index (χ1v) is 5.25. The fraction of sp³-hybridized carbons (Fsp3) is 0.500. The Morgan fingerprint density at radius 3 is 2.71 bits per heavy atom. The van der Waals surface area contributed by atoms with Gasteiger partial charge in [0.2, 0.25) is 11.9 Å². The van der Waals surface area contributed by atoms with Gasteiger partial charge in [0.15, 0.2) is 11.6 Å². The van der Waals surface area contributed by atoms with Crippen molar-refractivity contribution >= 4 is 17.7 Å². The van der Waals surface area contributed by atoms with Crippen LogP contribution in [0.5, 0.6) is 0 Å². The number of nitrogen functional groups attached to an aromatic ring is 1. The summed E-state index contributed by atoms with van der Waals surface area (Å²) in [7, 11) is 0. The van der Waals surface area contributed by atoms with E-state index in [1.807, 2.05) is 13.8 Å². The number of carbonyl (C=O) groups excluding carboxylic acids is 1. The first kappa shape index (κ1) is 13.1. The van der Waals surface area contributed by atoms with E-state index in [1.54, 1.807) is 6.92 Å². The first-order valence-electron chi connectivity index (χ1n) is 5.25. The summed E-state index contributed by atoms with van der Waals surface area (Å²) in [5, 5.41) is 5.34. The van der Waals surface area contributed by atoms with E-state index in [2.05, 4.69) is 20.6 Å². The highest BCUT2D eigenvalue weighted by Gasteiger charge is 2.16. The second-order valence-electron chi connectivity index (χ2n) is 3.95. The van der Waals surface area contributed by atoms with Crippen LogP contribution < -0.4 is 16.4 Å². The summed E-state index contributed by atoms with van der Waals surface area (Å²) in [4.78, 5) is 18.7. The van der Waals surface area contributed by atoms with Crippen LogP contribution in [-0.2, 0) is 4.79 Å². The normalized spacial score (nSPS) is 12.3. The fourth-order valence-corrected chi connectivity index (χ4v) is 1.16. The molecular weight excluding hydrogens is 225 g/mol. The van der Waals surface area contributed by atoms with Gasteiger partial charge in [-0.25, -0.2) is 9.37 Å². The smallest absolute Gasteiger partial charge is 0.242 e. The Labute approximate surface area is 98.8 Å². The Morgan fingerprint density at radius 2 is 2.12 bits per heavy atom. The molecule has 0 bridgehead atoms. The molecular formula is C10H16FN5O. The zero-order valence-corrected chi connectivity index (χ0v) is 9.99. The molecule has 1 aromatic rings. The van der Waals surface area contributed by atoms with Crippen molar-refractivity contribution in [1.29, 1.82) is 0 Å². The van der Waals surface area contributed by atoms with Gasteiger partial charge in [0.1, 0.15) is 6.04 Å². The van der Waals surface area contributed by atoms with E-state index < -0.39 is 11.9 Å². The average molecular weight is 241 g/mol. The van der Waals surface area contributed by atoms with Crippen molar-refractivity contribution in [1.82, 2.24) is 15.3 Å². The summed E-state index contributed by atoms with van der Waals surface area (Å²) in [5.74, 6) is -1.02. The number of rotatable bonds is 4. The van der Waals surface area contributed by atoms with Gasteiger partial charge in [-0.05, 0) is 20.8 Å². The van der Waals surface area contributed by atoms with Crippen LogP contribution in [0.2, 0.25) is 0 Å². The van der Waals surface area contributed by atoms with Crippen LogP contribution in [-0.4, -0.2) is 28.0 Å². The van der Waals surface area contributed by atoms with Gasteiger partial charge in [0, 0.05) is 6.04 Å². The third-order valence-electron chi connectivity index (χ3n) is 1.94. The number of halogens is 1. The Morgan fingerprint density at radius 1 is 1.47 bits per heavy atom. The zero-order chi connectivity index (χ0) is 13.0. The Hall–Kier alpha value is -1.92. The first-order chi connectivity index (χ1) is 7.90. The maximum atomic E-state index is 13.3. The molecule has 1 atom stereocenters. The van der Waals surface area contributed by atoms with Crippen molar-refractivity contribution in [2.24, 2.45) is 0 Å². The second-order valence-corrected chi connectivity index (χ2v) is 3.95. The molecule has 0 saturated carbocycles. The lowest BCUT2D eigenvalue weighted by Gasteiger charge is -2.16. The fourth-order valence-electron chi connectivity index (χ4n) is 1.16. The summed E-state index contributed by atoms with van der Waals surface area (Å²) < 4.78 is 13.3. The molecule has 4 N–H and O–H groups in total. The molecule has 17 heavy (non-hydrogen) atoms. The van der Waals surface area contributed by atoms with Gasteiger partial charge in [-0.2, -0.15) is 4.98 Å². The molecule has 0 spiro atoms. The van der Waals surface area contributed by atoms with Gasteiger partial charge in [-0.1, -0.05) is 0 Å². The van der Waals surface area contributed by atoms with Gasteiger partial charge >= 0.3 is 0 Å². The highest BCUT2D eigenvalue weighted by atomic mass is 19.1. The highest BCUT2D eigenvalue weighted by molar-refractivity contribution is 5.84. The number of nitrogens with zero attached hydrogens (tertiary/aromatic N) is 2. The minimum atomic E-state index is -0.650. The third-order valence-corrected chi connectivity index (χ3v) is 1.94. The van der Waals surface area contributed by atoms with Crippen LogP contribution in [0.4, 0.5) is 16.2 Å². The molecule has 1 rings (SSSR count). The van der Waals surface area contributed by atoms with E-state index in [-0.39, 0.29) is 23.7 Å². The van der Waals surface area contributed by atoms with Crippen molar-refractivity contribution < 1.29 is 9.18 Å². The van der Waals surface area contributed by atoms with Crippen LogP contribution in [0, 0.1) is 5.82 Å². The number of hydrogen-bond acceptors (Lipinski definition) is 5. The van der Waals surface area contributed by atoms with E-state index in [4.69, 9.17) is 5.73 Å². The summed E-state index contributed by atoms with van der Waals surface area (Å²) in [5.41, 5.74) is 5.33. The van der Waals surface area contributed by atoms with Crippen molar-refractivity contribution in [3.05, 3.63) is 12.0 Å². The second kappa shape index (κ2) is 5.42. The Bertz CT molecular complexity index is 410. The summed E-state index contributed by atoms with van der Waals surface area (Å²) >= 11 is 0. The quantitative estimate of drug-likeness (QED) is 0.714. The molecule has 1 heterocycles. The molecule has 0 saturated heterocycles. The molecule has 1 aromatic heterocycles. The topological polar surface area (TPSA) is 92.9 Å². The summed E-state index contributed by atoms with van der Waals surface area (Å²) in [6, 6.07) is -0.590. The maximum absolute atomic E-state index is 13.3. The lowest BCUT2D eigenvalue weighted by molar-refractivity contribution is -0.122. The number of aromatic nitrogens is 2. The van der Waals surface area contributed by atoms with Crippen LogP contribution in [0.1, 0.15) is 20.8 Å². The van der Waals surface area contributed by atoms with Gasteiger partial charge in [-0.3, -0.25) is 4.79 Å². The molecule has 0 aliphatic heterocycles. The molecule has 6 nitrogen and oxygen atoms in total. The molecule has 0 aromatic carbocycles. The monoisotopic (exact) mass is 241 g/mol. The van der Waals surface area contributed by atoms with Crippen molar-refractivity contribution in [3.8, 4) is 0 Å². The third kappa shape index (κ3) is 3.86. The molecule has 94 valence electrons. The average Bonchev–Trinajstić information content (AvgIpc) is 2.22. The van der Waals surface area contributed by atoms with Gasteiger partial charge in [0.25, 0.3) is 0 Å². The SMILES string of the molecule is CC(C)NC(=O)C(C)Nc1nc(N)ncc1F. The maximum Gasteiger partial charge on any atom is 0.242 e. The van der Waals surface area contributed by atoms with Crippen LogP contribution in [0.15, 0.2) is 6.20 Å². The van der Waals surface area contributed by atoms with Gasteiger partial charge in [0.05, 0.1) is 6.20 Å². The standard InChI is InChI=1S/C10H16FN5O/c1-5(2)14-9(17)6(3)15-8-7(11)4-13-10(12)16-8/h4-6H,1-3H3,(H,14,17)(H3,12,13,15,16). The van der Waals surface area contributed by atoms with Crippen molar-refractivity contribution in [2.75, 3.05) is 11.1 Å². The lowest BCUT2D eigenvalue weighted by Crippen LogP contribution is -2.41. The van der Waals surface area contributed by atoms with E-state index in [9.17, 15) is 9.18 Å². The predicted octanol–water partition coefficient (Wildman–Crippen LogP) is 0.523. The molecule has 1 amide bonds. The number of nitrogens with one attached hydrogen (secondary N) is 2. The largest absolute Gasteiger partial charge is 0.368 e. The minimum absolute atomic E-state index is 0.0204. The van der Waals surface area contributed by atoms with E-state index in [0.717, 1.165) is 6.20 Å². The predicted molar refractivity (Wildman–Crippen MR) is 62.8 cm³/mol. The molecule has 0 radical (unpaired) electrons. The number of amides is 1. The Balaban J connectivity index is 2.70. The summed E-state index contributed by atoms with van der Waals surface area (Å²) in [6.45, 7) is 5.29. The lowest BCUT2D eigenvalue weighted by atomic mass is 10.3.